The van der Waals surface area contributed by atoms with E-state index in [2.05, 4.69) is 56.7 Å². The Morgan fingerprint density at radius 2 is 2.11 bits per heavy atom. The number of anilines is 1. The summed E-state index contributed by atoms with van der Waals surface area (Å²) in [5.74, 6) is 0.861. The van der Waals surface area contributed by atoms with Crippen molar-refractivity contribution in [2.75, 3.05) is 38.2 Å². The molecule has 4 rings (SSSR count). The summed E-state index contributed by atoms with van der Waals surface area (Å²) in [5.41, 5.74) is 3.26. The molecule has 1 atom stereocenters. The Hall–Kier alpha value is -2.51. The van der Waals surface area contributed by atoms with E-state index in [-0.39, 0.29) is 11.9 Å². The Labute approximate surface area is 165 Å². The fourth-order valence-corrected chi connectivity index (χ4v) is 3.66. The lowest BCUT2D eigenvalue weighted by Gasteiger charge is -2.30. The van der Waals surface area contributed by atoms with E-state index in [1.165, 1.54) is 17.5 Å². The van der Waals surface area contributed by atoms with Crippen molar-refractivity contribution in [3.8, 4) is 0 Å². The molecule has 28 heavy (non-hydrogen) atoms. The quantitative estimate of drug-likeness (QED) is 0.760. The normalized spacial score (nSPS) is 18.0. The van der Waals surface area contributed by atoms with Crippen LogP contribution in [0.3, 0.4) is 0 Å². The van der Waals surface area contributed by atoms with E-state index in [1.54, 1.807) is 6.07 Å². The van der Waals surface area contributed by atoms with Gasteiger partial charge in [0.2, 0.25) is 0 Å². The molecule has 7 heteroatoms. The van der Waals surface area contributed by atoms with Crippen molar-refractivity contribution < 1.29 is 9.53 Å². The summed E-state index contributed by atoms with van der Waals surface area (Å²) in [4.78, 5) is 23.2. The number of carbonyl (C=O) groups is 1. The molecule has 2 aliphatic rings. The lowest BCUT2D eigenvalue weighted by atomic mass is 9.99. The summed E-state index contributed by atoms with van der Waals surface area (Å²) in [6, 6.07) is 10.6. The van der Waals surface area contributed by atoms with E-state index < -0.39 is 0 Å². The van der Waals surface area contributed by atoms with Gasteiger partial charge in [0.25, 0.3) is 5.91 Å². The Balaban J connectivity index is 1.25. The maximum Gasteiger partial charge on any atom is 0.270 e. The molecule has 3 heterocycles. The third-order valence-corrected chi connectivity index (χ3v) is 5.28. The number of rotatable bonds is 7. The van der Waals surface area contributed by atoms with Gasteiger partial charge in [0.05, 0.1) is 19.3 Å². The third kappa shape index (κ3) is 4.66. The van der Waals surface area contributed by atoms with Gasteiger partial charge in [-0.2, -0.15) is 0 Å². The second-order valence-corrected chi connectivity index (χ2v) is 7.74. The van der Waals surface area contributed by atoms with E-state index in [0.29, 0.717) is 37.2 Å². The number of aromatic nitrogens is 2. The molecule has 1 aromatic heterocycles. The average Bonchev–Trinajstić information content (AvgIpc) is 2.69. The molecule has 1 saturated heterocycles. The number of nitrogens with one attached hydrogen (secondary N) is 2. The maximum absolute atomic E-state index is 12.5. The Morgan fingerprint density at radius 1 is 1.29 bits per heavy atom. The zero-order chi connectivity index (χ0) is 19.3. The van der Waals surface area contributed by atoms with Gasteiger partial charge in [0, 0.05) is 32.2 Å². The first-order chi connectivity index (χ1) is 13.7. The van der Waals surface area contributed by atoms with Crippen molar-refractivity contribution in [1.29, 1.82) is 0 Å². The summed E-state index contributed by atoms with van der Waals surface area (Å²) in [6.07, 6.45) is 2.52. The SMILES string of the molecule is CC(CNC(=O)c1cc(NC2COC2)ncn1)CN1CCc2ccccc2C1. The molecular weight excluding hydrogens is 354 g/mol. The number of amides is 1. The average molecular weight is 381 g/mol. The minimum Gasteiger partial charge on any atom is -0.377 e. The summed E-state index contributed by atoms with van der Waals surface area (Å²) >= 11 is 0. The molecular formula is C21H27N5O2. The summed E-state index contributed by atoms with van der Waals surface area (Å²) in [5, 5.41) is 6.25. The minimum absolute atomic E-state index is 0.161. The van der Waals surface area contributed by atoms with E-state index in [4.69, 9.17) is 4.74 Å². The minimum atomic E-state index is -0.161. The maximum atomic E-state index is 12.5. The first-order valence-corrected chi connectivity index (χ1v) is 9.91. The molecule has 1 fully saturated rings. The molecule has 148 valence electrons. The van der Waals surface area contributed by atoms with Gasteiger partial charge in [-0.15, -0.1) is 0 Å². The molecule has 0 aliphatic carbocycles. The third-order valence-electron chi connectivity index (χ3n) is 5.28. The van der Waals surface area contributed by atoms with Crippen LogP contribution < -0.4 is 10.6 Å². The van der Waals surface area contributed by atoms with Crippen molar-refractivity contribution >= 4 is 11.7 Å². The number of hydrogen-bond donors (Lipinski definition) is 2. The van der Waals surface area contributed by atoms with Crippen molar-refractivity contribution in [3.63, 3.8) is 0 Å². The molecule has 1 amide bonds. The fourth-order valence-electron chi connectivity index (χ4n) is 3.66. The van der Waals surface area contributed by atoms with Crippen LogP contribution in [0.4, 0.5) is 5.82 Å². The molecule has 0 bridgehead atoms. The largest absolute Gasteiger partial charge is 0.377 e. The van der Waals surface area contributed by atoms with Crippen LogP contribution in [-0.2, 0) is 17.7 Å². The first-order valence-electron chi connectivity index (χ1n) is 9.91. The van der Waals surface area contributed by atoms with E-state index in [1.807, 2.05) is 0 Å². The molecule has 1 unspecified atom stereocenters. The molecule has 0 spiro atoms. The van der Waals surface area contributed by atoms with Crippen molar-refractivity contribution in [2.45, 2.75) is 25.9 Å². The van der Waals surface area contributed by atoms with Gasteiger partial charge in [-0.1, -0.05) is 31.2 Å². The summed E-state index contributed by atoms with van der Waals surface area (Å²) in [6.45, 7) is 7.16. The van der Waals surface area contributed by atoms with Gasteiger partial charge in [0.15, 0.2) is 0 Å². The van der Waals surface area contributed by atoms with Gasteiger partial charge < -0.3 is 15.4 Å². The Morgan fingerprint density at radius 3 is 2.89 bits per heavy atom. The van der Waals surface area contributed by atoms with Crippen molar-refractivity contribution in [1.82, 2.24) is 20.2 Å². The van der Waals surface area contributed by atoms with Gasteiger partial charge in [-0.05, 0) is 23.5 Å². The standard InChI is InChI=1S/C21H27N5O2/c1-15(10-26-7-6-16-4-2-3-5-17(16)11-26)9-22-21(27)19-8-20(24-14-23-19)25-18-12-28-13-18/h2-5,8,14-15,18H,6-7,9-13H2,1H3,(H,22,27)(H,23,24,25). The van der Waals surface area contributed by atoms with Crippen LogP contribution in [0.1, 0.15) is 28.5 Å². The van der Waals surface area contributed by atoms with E-state index >= 15 is 0 Å². The van der Waals surface area contributed by atoms with Crippen molar-refractivity contribution in [3.05, 3.63) is 53.5 Å². The first kappa shape index (κ1) is 18.8. The number of fused-ring (bicyclic) bond motifs is 1. The van der Waals surface area contributed by atoms with E-state index in [9.17, 15) is 4.79 Å². The zero-order valence-electron chi connectivity index (χ0n) is 16.2. The van der Waals surface area contributed by atoms with Crippen molar-refractivity contribution in [2.24, 2.45) is 5.92 Å². The van der Waals surface area contributed by atoms with Crippen LogP contribution in [0.2, 0.25) is 0 Å². The topological polar surface area (TPSA) is 79.4 Å². The predicted octanol–water partition coefficient (Wildman–Crippen LogP) is 1.71. The summed E-state index contributed by atoms with van der Waals surface area (Å²) < 4.78 is 5.14. The fraction of sp³-hybridized carbons (Fsp3) is 0.476. The molecule has 1 aromatic carbocycles. The molecule has 2 aliphatic heterocycles. The molecule has 7 nitrogen and oxygen atoms in total. The number of hydrogen-bond acceptors (Lipinski definition) is 6. The van der Waals surface area contributed by atoms with Gasteiger partial charge in [0.1, 0.15) is 17.8 Å². The highest BCUT2D eigenvalue weighted by Crippen LogP contribution is 2.19. The van der Waals surface area contributed by atoms with Crippen LogP contribution in [0.25, 0.3) is 0 Å². The molecule has 2 aromatic rings. The van der Waals surface area contributed by atoms with Crippen LogP contribution >= 0.6 is 0 Å². The highest BCUT2D eigenvalue weighted by Gasteiger charge is 2.20. The van der Waals surface area contributed by atoms with Crippen LogP contribution in [-0.4, -0.2) is 59.7 Å². The summed E-state index contributed by atoms with van der Waals surface area (Å²) in [7, 11) is 0. The lowest BCUT2D eigenvalue weighted by Crippen LogP contribution is -2.40. The van der Waals surface area contributed by atoms with Gasteiger partial charge in [-0.3, -0.25) is 9.69 Å². The lowest BCUT2D eigenvalue weighted by molar-refractivity contribution is 0.0209. The van der Waals surface area contributed by atoms with Crippen LogP contribution in [0.15, 0.2) is 36.7 Å². The monoisotopic (exact) mass is 381 g/mol. The van der Waals surface area contributed by atoms with Crippen LogP contribution in [0.5, 0.6) is 0 Å². The van der Waals surface area contributed by atoms with E-state index in [0.717, 1.165) is 26.1 Å². The number of benzene rings is 1. The highest BCUT2D eigenvalue weighted by molar-refractivity contribution is 5.92. The Kier molecular flexibility index (Phi) is 5.83. The molecule has 2 N–H and O–H groups in total. The zero-order valence-corrected chi connectivity index (χ0v) is 16.2. The van der Waals surface area contributed by atoms with Crippen LogP contribution in [0, 0.1) is 5.92 Å². The highest BCUT2D eigenvalue weighted by atomic mass is 16.5. The predicted molar refractivity (Wildman–Crippen MR) is 107 cm³/mol. The second-order valence-electron chi connectivity index (χ2n) is 7.74. The number of nitrogens with zero attached hydrogens (tertiary/aromatic N) is 3. The second kappa shape index (κ2) is 8.67. The smallest absolute Gasteiger partial charge is 0.270 e. The number of ether oxygens (including phenoxy) is 1. The molecule has 0 saturated carbocycles. The Bertz CT molecular complexity index is 824. The molecule has 0 radical (unpaired) electrons. The number of carbonyl (C=O) groups excluding carboxylic acids is 1. The van der Waals surface area contributed by atoms with Gasteiger partial charge >= 0.3 is 0 Å². The van der Waals surface area contributed by atoms with Gasteiger partial charge in [-0.25, -0.2) is 9.97 Å².